The number of halogens is 3. The number of carbonyl (C=O) groups excluding carboxylic acids is 3. The van der Waals surface area contributed by atoms with Crippen LogP contribution in [0.3, 0.4) is 0 Å². The van der Waals surface area contributed by atoms with E-state index < -0.39 is 36.4 Å². The van der Waals surface area contributed by atoms with Crippen molar-refractivity contribution in [3.63, 3.8) is 0 Å². The molecule has 44 heavy (non-hydrogen) atoms. The number of ketones is 1. The molecule has 0 spiro atoms. The maximum absolute atomic E-state index is 13.8. The lowest BCUT2D eigenvalue weighted by Gasteiger charge is -2.31. The van der Waals surface area contributed by atoms with Crippen molar-refractivity contribution >= 4 is 34.4 Å². The first kappa shape index (κ1) is 29.2. The van der Waals surface area contributed by atoms with Crippen molar-refractivity contribution in [2.24, 2.45) is 10.4 Å². The second-order valence-electron chi connectivity index (χ2n) is 11.4. The number of nitrogens with zero attached hydrogens (tertiary/aromatic N) is 8. The summed E-state index contributed by atoms with van der Waals surface area (Å²) in [6.45, 7) is 4.86. The molecule has 2 amide bonds. The van der Waals surface area contributed by atoms with Crippen molar-refractivity contribution < 1.29 is 32.3 Å². The van der Waals surface area contributed by atoms with Gasteiger partial charge in [0.1, 0.15) is 24.1 Å². The van der Waals surface area contributed by atoms with Gasteiger partial charge in [-0.2, -0.15) is 5.10 Å². The summed E-state index contributed by atoms with van der Waals surface area (Å²) in [6.07, 6.45) is 2.08. The number of rotatable bonds is 6. The number of hydrogen-bond acceptors (Lipinski definition) is 10. The number of piperidine rings is 1. The molecule has 0 aromatic carbocycles. The number of amides is 2. The molecule has 1 N–H and O–H groups in total. The predicted molar refractivity (Wildman–Crippen MR) is 148 cm³/mol. The van der Waals surface area contributed by atoms with Gasteiger partial charge in [0.05, 0.1) is 17.4 Å². The lowest BCUT2D eigenvalue weighted by atomic mass is 10.0. The van der Waals surface area contributed by atoms with Gasteiger partial charge in [-0.25, -0.2) is 15.0 Å². The third-order valence-electron chi connectivity index (χ3n) is 8.14. The third kappa shape index (κ3) is 5.46. The van der Waals surface area contributed by atoms with Crippen molar-refractivity contribution in [3.05, 3.63) is 48.5 Å². The molecule has 3 aliphatic rings. The topological polar surface area (TPSA) is 148 Å². The van der Waals surface area contributed by atoms with E-state index in [9.17, 15) is 27.6 Å². The largest absolute Gasteiger partial charge is 0.574 e. The minimum atomic E-state index is -4.94. The van der Waals surface area contributed by atoms with E-state index in [-0.39, 0.29) is 29.5 Å². The lowest BCUT2D eigenvalue weighted by Crippen LogP contribution is -2.54. The van der Waals surface area contributed by atoms with E-state index in [0.29, 0.717) is 40.8 Å². The van der Waals surface area contributed by atoms with Crippen LogP contribution in [0.25, 0.3) is 22.2 Å². The highest BCUT2D eigenvalue weighted by molar-refractivity contribution is 6.05. The molecule has 3 aromatic heterocycles. The van der Waals surface area contributed by atoms with E-state index in [2.05, 4.69) is 35.1 Å². The average molecular weight is 612 g/mol. The Bertz CT molecular complexity index is 1740. The number of alkyl halides is 3. The number of pyridine rings is 1. The van der Waals surface area contributed by atoms with Crippen LogP contribution in [0.4, 0.5) is 13.2 Å². The minimum Gasteiger partial charge on any atom is -0.388 e. The fourth-order valence-electron chi connectivity index (χ4n) is 5.76. The first-order valence-electron chi connectivity index (χ1n) is 13.7. The second kappa shape index (κ2) is 10.4. The Hall–Kier alpha value is -4.89. The Morgan fingerprint density at radius 2 is 1.86 bits per heavy atom. The molecule has 2 fully saturated rings. The number of Topliss-reactive ketones (excluding diaryl/α,β-unsaturated/α-hetero) is 1. The van der Waals surface area contributed by atoms with Gasteiger partial charge in [-0.15, -0.1) is 13.2 Å². The first-order valence-corrected chi connectivity index (χ1v) is 13.7. The molecule has 1 saturated heterocycles. The summed E-state index contributed by atoms with van der Waals surface area (Å²) in [5.41, 5.74) is 1.54. The summed E-state index contributed by atoms with van der Waals surface area (Å²) in [6, 6.07) is 0.626. The molecule has 2 aliphatic heterocycles. The van der Waals surface area contributed by atoms with E-state index in [4.69, 9.17) is 0 Å². The molecular weight excluding hydrogens is 583 g/mol. The van der Waals surface area contributed by atoms with Gasteiger partial charge in [-0.1, -0.05) is 6.92 Å². The molecule has 4 atom stereocenters. The van der Waals surface area contributed by atoms with Gasteiger partial charge in [0.25, 0.3) is 0 Å². The highest BCUT2D eigenvalue weighted by atomic mass is 19.4. The van der Waals surface area contributed by atoms with Crippen LogP contribution in [0.5, 0.6) is 0 Å². The summed E-state index contributed by atoms with van der Waals surface area (Å²) >= 11 is 0. The standard InChI is InChI=1S/C28H28F3N9O4/c1-14(41)24-17-7-18(16-10-32-15(2)33-11-16)34-12-20(17)39(37-24)13-23(42)40-19(8-27(3)9-21(27)40)25(43)36-26-35-22(5-6-38(26)4)44-28(29,30)31/h5-7,10-12,19,21,26H,8-9,13H2,1-4H3,(H,36,43)/t19-,21+,26?,27-/m0/s1. The number of likely N-dealkylation sites (tertiary alicyclic amines) is 1. The zero-order valence-corrected chi connectivity index (χ0v) is 24.2. The van der Waals surface area contributed by atoms with Crippen LogP contribution in [0.15, 0.2) is 41.9 Å². The van der Waals surface area contributed by atoms with Crippen LogP contribution in [0, 0.1) is 12.3 Å². The number of fused-ring (bicyclic) bond motifs is 2. The fourth-order valence-corrected chi connectivity index (χ4v) is 5.76. The molecule has 16 heteroatoms. The third-order valence-corrected chi connectivity index (χ3v) is 8.14. The fraction of sp³-hybridized carbons (Fsp3) is 0.429. The van der Waals surface area contributed by atoms with Gasteiger partial charge in [0, 0.05) is 55.6 Å². The number of nitrogens with one attached hydrogen (secondary N) is 1. The monoisotopic (exact) mass is 611 g/mol. The van der Waals surface area contributed by atoms with Gasteiger partial charge < -0.3 is 19.9 Å². The zero-order chi connectivity index (χ0) is 31.6. The van der Waals surface area contributed by atoms with Crippen molar-refractivity contribution in [2.75, 3.05) is 7.05 Å². The van der Waals surface area contributed by atoms with Crippen molar-refractivity contribution in [3.8, 4) is 11.3 Å². The number of hydrogen-bond donors (Lipinski definition) is 1. The predicted octanol–water partition coefficient (Wildman–Crippen LogP) is 2.57. The van der Waals surface area contributed by atoms with Crippen LogP contribution in [-0.2, 0) is 20.9 Å². The van der Waals surface area contributed by atoms with Crippen LogP contribution < -0.4 is 5.32 Å². The molecule has 5 heterocycles. The lowest BCUT2D eigenvalue weighted by molar-refractivity contribution is -0.283. The van der Waals surface area contributed by atoms with E-state index in [0.717, 1.165) is 6.08 Å². The molecule has 13 nitrogen and oxygen atoms in total. The minimum absolute atomic E-state index is 0.166. The highest BCUT2D eigenvalue weighted by Gasteiger charge is 2.64. The Morgan fingerprint density at radius 3 is 2.55 bits per heavy atom. The van der Waals surface area contributed by atoms with E-state index in [1.54, 1.807) is 25.4 Å². The normalized spacial score (nSPS) is 24.2. The van der Waals surface area contributed by atoms with Gasteiger partial charge in [0.15, 0.2) is 5.78 Å². The molecule has 1 aliphatic carbocycles. The molecule has 6 rings (SSSR count). The SMILES string of the molecule is CC(=O)c1nn(CC(=O)N2[C@H](C(=O)NC3N=C(OC(F)(F)F)C=CN3C)C[C@@]3(C)C[C@@H]23)c2cnc(-c3cnc(C)nc3)cc12. The molecular formula is C28H28F3N9O4. The second-order valence-corrected chi connectivity index (χ2v) is 11.4. The Labute approximate surface area is 248 Å². The van der Waals surface area contributed by atoms with E-state index in [1.165, 1.54) is 40.8 Å². The van der Waals surface area contributed by atoms with Gasteiger partial charge in [-0.05, 0) is 31.2 Å². The number of aromatic nitrogens is 5. The molecule has 0 radical (unpaired) electrons. The average Bonchev–Trinajstić information content (AvgIpc) is 3.31. The van der Waals surface area contributed by atoms with Crippen LogP contribution >= 0.6 is 0 Å². The highest BCUT2D eigenvalue weighted by Crippen LogP contribution is 2.59. The molecule has 1 unspecified atom stereocenters. The summed E-state index contributed by atoms with van der Waals surface area (Å²) in [4.78, 5) is 59.4. The number of aryl methyl sites for hydroxylation is 1. The number of ether oxygens (including phenoxy) is 1. The van der Waals surface area contributed by atoms with Crippen LogP contribution in [0.2, 0.25) is 0 Å². The molecule has 0 bridgehead atoms. The van der Waals surface area contributed by atoms with Crippen molar-refractivity contribution in [1.29, 1.82) is 0 Å². The summed E-state index contributed by atoms with van der Waals surface area (Å²) < 4.78 is 43.5. The zero-order valence-electron chi connectivity index (χ0n) is 24.2. The van der Waals surface area contributed by atoms with Gasteiger partial charge in [-0.3, -0.25) is 24.0 Å². The molecule has 230 valence electrons. The van der Waals surface area contributed by atoms with Crippen LogP contribution in [-0.4, -0.2) is 89.8 Å². The van der Waals surface area contributed by atoms with Crippen molar-refractivity contribution in [1.82, 2.24) is 39.8 Å². The Kier molecular flexibility index (Phi) is 6.89. The molecule has 1 saturated carbocycles. The molecule has 3 aromatic rings. The Morgan fingerprint density at radius 1 is 1.14 bits per heavy atom. The van der Waals surface area contributed by atoms with Gasteiger partial charge >= 0.3 is 6.36 Å². The summed E-state index contributed by atoms with van der Waals surface area (Å²) in [7, 11) is 1.53. The van der Waals surface area contributed by atoms with Gasteiger partial charge in [0.2, 0.25) is 24.0 Å². The summed E-state index contributed by atoms with van der Waals surface area (Å²) in [5, 5.41) is 7.56. The quantitative estimate of drug-likeness (QED) is 0.415. The number of carbonyl (C=O) groups is 3. The maximum atomic E-state index is 13.8. The number of aliphatic imine (C=N–C) groups is 1. The van der Waals surface area contributed by atoms with Crippen molar-refractivity contribution in [2.45, 2.75) is 64.9 Å². The maximum Gasteiger partial charge on any atom is 0.574 e. The van der Waals surface area contributed by atoms with E-state index >= 15 is 0 Å². The summed E-state index contributed by atoms with van der Waals surface area (Å²) in [5.74, 6) is -1.36. The first-order chi connectivity index (χ1) is 20.7. The Balaban J connectivity index is 1.24. The smallest absolute Gasteiger partial charge is 0.388 e. The van der Waals surface area contributed by atoms with Crippen LogP contribution in [0.1, 0.15) is 43.0 Å². The van der Waals surface area contributed by atoms with E-state index in [1.807, 2.05) is 6.92 Å².